The minimum Gasteiger partial charge on any atom is -0.297 e. The van der Waals surface area contributed by atoms with Crippen molar-refractivity contribution < 1.29 is 0 Å². The lowest BCUT2D eigenvalue weighted by Gasteiger charge is -2.08. The average molecular weight is 290 g/mol. The van der Waals surface area contributed by atoms with E-state index in [0.29, 0.717) is 23.2 Å². The van der Waals surface area contributed by atoms with Gasteiger partial charge in [-0.15, -0.1) is 0 Å². The average Bonchev–Trinajstić information content (AvgIpc) is 2.44. The first-order chi connectivity index (χ1) is 9.58. The van der Waals surface area contributed by atoms with Crippen LogP contribution in [0.3, 0.4) is 0 Å². The number of aromatic nitrogens is 2. The molecular formula is C14H12ClN3O2. The van der Waals surface area contributed by atoms with Gasteiger partial charge < -0.3 is 0 Å². The SMILES string of the molecule is CCCc1c(Cl)[nH]c(=O)n(-c2ccc(C#N)cc2)c1=O. The molecule has 0 aliphatic heterocycles. The zero-order valence-corrected chi connectivity index (χ0v) is 11.6. The van der Waals surface area contributed by atoms with Crippen LogP contribution in [0.5, 0.6) is 0 Å². The Hall–Kier alpha value is -2.32. The molecule has 1 aromatic heterocycles. The van der Waals surface area contributed by atoms with Crippen molar-refractivity contribution in [2.75, 3.05) is 0 Å². The highest BCUT2D eigenvalue weighted by molar-refractivity contribution is 6.30. The number of nitrogens with zero attached hydrogens (tertiary/aromatic N) is 2. The highest BCUT2D eigenvalue weighted by atomic mass is 35.5. The molecule has 6 heteroatoms. The molecule has 1 N–H and O–H groups in total. The monoisotopic (exact) mass is 289 g/mol. The highest BCUT2D eigenvalue weighted by Crippen LogP contribution is 2.10. The van der Waals surface area contributed by atoms with E-state index < -0.39 is 11.2 Å². The van der Waals surface area contributed by atoms with Crippen molar-refractivity contribution in [3.8, 4) is 11.8 Å². The summed E-state index contributed by atoms with van der Waals surface area (Å²) >= 11 is 5.91. The predicted molar refractivity (Wildman–Crippen MR) is 76.4 cm³/mol. The van der Waals surface area contributed by atoms with Crippen molar-refractivity contribution in [3.05, 3.63) is 61.4 Å². The third kappa shape index (κ3) is 2.51. The predicted octanol–water partition coefficient (Wildman–Crippen LogP) is 2.00. The molecule has 0 aliphatic rings. The minimum absolute atomic E-state index is 0.0896. The van der Waals surface area contributed by atoms with Crippen LogP contribution in [0.1, 0.15) is 24.5 Å². The van der Waals surface area contributed by atoms with Gasteiger partial charge in [-0.05, 0) is 30.7 Å². The Morgan fingerprint density at radius 3 is 2.50 bits per heavy atom. The number of benzene rings is 1. The van der Waals surface area contributed by atoms with Crippen LogP contribution in [-0.4, -0.2) is 9.55 Å². The number of hydrogen-bond donors (Lipinski definition) is 1. The Morgan fingerprint density at radius 2 is 1.95 bits per heavy atom. The summed E-state index contributed by atoms with van der Waals surface area (Å²) in [5.74, 6) is 0. The Balaban J connectivity index is 2.67. The van der Waals surface area contributed by atoms with E-state index in [9.17, 15) is 9.59 Å². The van der Waals surface area contributed by atoms with Gasteiger partial charge in [0, 0.05) is 0 Å². The molecule has 1 heterocycles. The van der Waals surface area contributed by atoms with Crippen LogP contribution in [0.25, 0.3) is 5.69 Å². The molecule has 2 aromatic rings. The smallest absolute Gasteiger partial charge is 0.297 e. The van der Waals surface area contributed by atoms with Crippen LogP contribution >= 0.6 is 11.6 Å². The Morgan fingerprint density at radius 1 is 1.30 bits per heavy atom. The van der Waals surface area contributed by atoms with Gasteiger partial charge in [-0.25, -0.2) is 9.36 Å². The molecule has 0 atom stereocenters. The van der Waals surface area contributed by atoms with Crippen molar-refractivity contribution in [3.63, 3.8) is 0 Å². The number of H-pyrrole nitrogens is 1. The number of hydrogen-bond acceptors (Lipinski definition) is 3. The first kappa shape index (κ1) is 14.1. The van der Waals surface area contributed by atoms with Gasteiger partial charge in [0.25, 0.3) is 5.56 Å². The molecule has 0 unspecified atom stereocenters. The van der Waals surface area contributed by atoms with Crippen molar-refractivity contribution >= 4 is 11.6 Å². The maximum Gasteiger partial charge on any atom is 0.334 e. The fourth-order valence-corrected chi connectivity index (χ4v) is 2.19. The molecule has 2 rings (SSSR count). The van der Waals surface area contributed by atoms with E-state index in [0.717, 1.165) is 11.0 Å². The maximum absolute atomic E-state index is 12.3. The molecule has 0 bridgehead atoms. The summed E-state index contributed by atoms with van der Waals surface area (Å²) in [5, 5.41) is 8.84. The van der Waals surface area contributed by atoms with E-state index in [1.807, 2.05) is 13.0 Å². The lowest BCUT2D eigenvalue weighted by atomic mass is 10.2. The molecular weight excluding hydrogens is 278 g/mol. The molecule has 0 spiro atoms. The summed E-state index contributed by atoms with van der Waals surface area (Å²) in [7, 11) is 0. The van der Waals surface area contributed by atoms with Gasteiger partial charge in [-0.3, -0.25) is 9.78 Å². The van der Waals surface area contributed by atoms with E-state index in [1.54, 1.807) is 24.3 Å². The maximum atomic E-state index is 12.3. The van der Waals surface area contributed by atoms with Gasteiger partial charge in [0.05, 0.1) is 22.9 Å². The lowest BCUT2D eigenvalue weighted by molar-refractivity contribution is 0.811. The number of halogens is 1. The summed E-state index contributed by atoms with van der Waals surface area (Å²) in [6.45, 7) is 1.92. The largest absolute Gasteiger partial charge is 0.334 e. The normalized spacial score (nSPS) is 10.2. The lowest BCUT2D eigenvalue weighted by Crippen LogP contribution is -2.36. The van der Waals surface area contributed by atoms with Crippen molar-refractivity contribution in [1.82, 2.24) is 9.55 Å². The molecule has 0 radical (unpaired) electrons. The Labute approximate surface area is 120 Å². The summed E-state index contributed by atoms with van der Waals surface area (Å²) in [5.41, 5.74) is 0.234. The quantitative estimate of drug-likeness (QED) is 0.878. The second-order valence-corrected chi connectivity index (χ2v) is 4.65. The zero-order chi connectivity index (χ0) is 14.7. The van der Waals surface area contributed by atoms with Crippen LogP contribution in [0.2, 0.25) is 5.15 Å². The third-order valence-electron chi connectivity index (χ3n) is 2.90. The number of nitriles is 1. The molecule has 0 amide bonds. The molecule has 20 heavy (non-hydrogen) atoms. The molecule has 0 saturated heterocycles. The summed E-state index contributed by atoms with van der Waals surface area (Å²) < 4.78 is 1.03. The first-order valence-electron chi connectivity index (χ1n) is 6.12. The fraction of sp³-hybridized carbons (Fsp3) is 0.214. The molecule has 1 aromatic carbocycles. The fourth-order valence-electron chi connectivity index (χ4n) is 1.93. The van der Waals surface area contributed by atoms with Crippen LogP contribution in [0.15, 0.2) is 33.9 Å². The highest BCUT2D eigenvalue weighted by Gasteiger charge is 2.13. The van der Waals surface area contributed by atoms with Gasteiger partial charge in [-0.2, -0.15) is 5.26 Å². The van der Waals surface area contributed by atoms with Crippen molar-refractivity contribution in [2.45, 2.75) is 19.8 Å². The Bertz CT molecular complexity index is 782. The van der Waals surface area contributed by atoms with Crippen molar-refractivity contribution in [2.24, 2.45) is 0 Å². The number of nitrogens with one attached hydrogen (secondary N) is 1. The third-order valence-corrected chi connectivity index (χ3v) is 3.22. The molecule has 0 fully saturated rings. The van der Waals surface area contributed by atoms with Gasteiger partial charge in [-0.1, -0.05) is 24.9 Å². The molecule has 0 saturated carbocycles. The van der Waals surface area contributed by atoms with Gasteiger partial charge in [0.1, 0.15) is 5.15 Å². The standard InChI is InChI=1S/C14H12ClN3O2/c1-2-3-11-12(15)17-14(20)18(13(11)19)10-6-4-9(8-16)5-7-10/h4-7H,2-3H2,1H3,(H,17,20). The van der Waals surface area contributed by atoms with E-state index >= 15 is 0 Å². The van der Waals surface area contributed by atoms with Crippen LogP contribution < -0.4 is 11.2 Å². The summed E-state index contributed by atoms with van der Waals surface area (Å²) in [6, 6.07) is 8.19. The van der Waals surface area contributed by atoms with E-state index in [4.69, 9.17) is 16.9 Å². The van der Waals surface area contributed by atoms with E-state index in [1.165, 1.54) is 0 Å². The molecule has 5 nitrogen and oxygen atoms in total. The van der Waals surface area contributed by atoms with E-state index in [2.05, 4.69) is 4.98 Å². The first-order valence-corrected chi connectivity index (χ1v) is 6.50. The zero-order valence-electron chi connectivity index (χ0n) is 10.8. The minimum atomic E-state index is -0.593. The second-order valence-electron chi connectivity index (χ2n) is 4.27. The molecule has 0 aliphatic carbocycles. The topological polar surface area (TPSA) is 78.7 Å². The second kappa shape index (κ2) is 5.76. The number of aromatic amines is 1. The Kier molecular flexibility index (Phi) is 4.06. The van der Waals surface area contributed by atoms with Crippen LogP contribution in [0, 0.1) is 11.3 Å². The van der Waals surface area contributed by atoms with E-state index in [-0.39, 0.29) is 5.15 Å². The summed E-state index contributed by atoms with van der Waals surface area (Å²) in [4.78, 5) is 26.7. The van der Waals surface area contributed by atoms with Gasteiger partial charge >= 0.3 is 5.69 Å². The summed E-state index contributed by atoms with van der Waals surface area (Å²) in [6.07, 6.45) is 1.24. The molecule has 102 valence electrons. The van der Waals surface area contributed by atoms with Crippen molar-refractivity contribution in [1.29, 1.82) is 5.26 Å². The van der Waals surface area contributed by atoms with Crippen LogP contribution in [0.4, 0.5) is 0 Å². The number of rotatable bonds is 3. The van der Waals surface area contributed by atoms with Gasteiger partial charge in [0.15, 0.2) is 0 Å². The van der Waals surface area contributed by atoms with Crippen LogP contribution in [-0.2, 0) is 6.42 Å². The van der Waals surface area contributed by atoms with Gasteiger partial charge in [0.2, 0.25) is 0 Å².